The number of hydrogen-bond acceptors (Lipinski definition) is 5. The number of aryl methyl sites for hydroxylation is 1. The van der Waals surface area contributed by atoms with Gasteiger partial charge in [-0.3, -0.25) is 9.59 Å². The number of rotatable bonds is 8. The Morgan fingerprint density at radius 2 is 2.00 bits per heavy atom. The van der Waals surface area contributed by atoms with Crippen molar-refractivity contribution < 1.29 is 14.3 Å². The third-order valence-electron chi connectivity index (χ3n) is 5.42. The van der Waals surface area contributed by atoms with Crippen LogP contribution in [-0.4, -0.2) is 42.8 Å². The van der Waals surface area contributed by atoms with E-state index in [1.807, 2.05) is 6.92 Å². The number of carbonyl (C=O) groups excluding carboxylic acids is 2. The summed E-state index contributed by atoms with van der Waals surface area (Å²) in [5.41, 5.74) is -0.187. The highest BCUT2D eigenvalue weighted by Gasteiger charge is 2.43. The van der Waals surface area contributed by atoms with Crippen molar-refractivity contribution in [2.24, 2.45) is 10.2 Å². The fraction of sp³-hybridized carbons (Fsp3) is 0.524. The van der Waals surface area contributed by atoms with Crippen LogP contribution < -0.4 is 10.6 Å². The van der Waals surface area contributed by atoms with E-state index >= 15 is 0 Å². The predicted octanol–water partition coefficient (Wildman–Crippen LogP) is 3.01. The van der Waals surface area contributed by atoms with Crippen molar-refractivity contribution in [1.29, 1.82) is 0 Å². The monoisotopic (exact) mass is 416 g/mol. The molecule has 29 heavy (non-hydrogen) atoms. The summed E-state index contributed by atoms with van der Waals surface area (Å²) in [6.45, 7) is 3.06. The molecular formula is C21H25ClN4O3. The van der Waals surface area contributed by atoms with E-state index in [1.54, 1.807) is 18.2 Å². The summed E-state index contributed by atoms with van der Waals surface area (Å²) >= 11 is 6.05. The molecule has 2 aliphatic heterocycles. The molecule has 0 bridgehead atoms. The Morgan fingerprint density at radius 1 is 1.28 bits per heavy atom. The number of ether oxygens (including phenoxy) is 1. The summed E-state index contributed by atoms with van der Waals surface area (Å²) < 4.78 is 5.41. The van der Waals surface area contributed by atoms with Gasteiger partial charge in [0, 0.05) is 62.4 Å². The zero-order valence-corrected chi connectivity index (χ0v) is 17.2. The second-order valence-corrected chi connectivity index (χ2v) is 7.91. The third kappa shape index (κ3) is 5.14. The van der Waals surface area contributed by atoms with Gasteiger partial charge in [0.15, 0.2) is 5.66 Å². The molecule has 1 aromatic rings. The number of benzene rings is 1. The lowest BCUT2D eigenvalue weighted by Gasteiger charge is -2.36. The van der Waals surface area contributed by atoms with Crippen LogP contribution in [0.25, 0.3) is 0 Å². The molecule has 154 valence electrons. The van der Waals surface area contributed by atoms with Crippen LogP contribution >= 0.6 is 11.6 Å². The average molecular weight is 417 g/mol. The Balaban J connectivity index is 1.63. The smallest absolute Gasteiger partial charge is 0.252 e. The van der Waals surface area contributed by atoms with Gasteiger partial charge in [-0.1, -0.05) is 11.6 Å². The Morgan fingerprint density at radius 3 is 2.62 bits per heavy atom. The summed E-state index contributed by atoms with van der Waals surface area (Å²) in [6, 6.07) is 5.05. The van der Waals surface area contributed by atoms with Crippen LogP contribution in [0.2, 0.25) is 5.02 Å². The molecule has 1 saturated heterocycles. The Kier molecular flexibility index (Phi) is 6.56. The number of amides is 2. The largest absolute Gasteiger partial charge is 0.381 e. The second-order valence-electron chi connectivity index (χ2n) is 7.51. The second kappa shape index (κ2) is 8.93. The summed E-state index contributed by atoms with van der Waals surface area (Å²) in [7, 11) is 0. The fourth-order valence-corrected chi connectivity index (χ4v) is 3.54. The fourth-order valence-electron chi connectivity index (χ4n) is 3.42. The van der Waals surface area contributed by atoms with Gasteiger partial charge in [0.05, 0.1) is 0 Å². The standard InChI is InChI=1S/C21H25ClN4O3/c1-3-4-7-21(25-26-21)8-11-23-19(28)20(9-12-29-13-10-20)24-18(27)16-5-6-17(22)15(2)14-16/h1,5-6,14H,4,7-13H2,2H3,(H,23,28)(H,24,27). The van der Waals surface area contributed by atoms with Crippen LogP contribution in [0.4, 0.5) is 0 Å². The van der Waals surface area contributed by atoms with Crippen LogP contribution in [0.15, 0.2) is 28.4 Å². The van der Waals surface area contributed by atoms with Crippen molar-refractivity contribution in [3.63, 3.8) is 0 Å². The van der Waals surface area contributed by atoms with Gasteiger partial charge in [-0.2, -0.15) is 10.2 Å². The van der Waals surface area contributed by atoms with Crippen molar-refractivity contribution in [2.45, 2.75) is 50.2 Å². The summed E-state index contributed by atoms with van der Waals surface area (Å²) in [6.07, 6.45) is 8.00. The Hall–Kier alpha value is -2.43. The quantitative estimate of drug-likeness (QED) is 0.638. The maximum Gasteiger partial charge on any atom is 0.252 e. The molecule has 2 heterocycles. The molecule has 0 radical (unpaired) electrons. The Bertz CT molecular complexity index is 850. The number of carbonyl (C=O) groups is 2. The van der Waals surface area contributed by atoms with Gasteiger partial charge in [-0.25, -0.2) is 0 Å². The zero-order valence-electron chi connectivity index (χ0n) is 16.5. The molecule has 1 fully saturated rings. The van der Waals surface area contributed by atoms with E-state index in [1.165, 1.54) is 0 Å². The predicted molar refractivity (Wildman–Crippen MR) is 110 cm³/mol. The van der Waals surface area contributed by atoms with Crippen LogP contribution in [0.3, 0.4) is 0 Å². The average Bonchev–Trinajstić information content (AvgIpc) is 3.49. The van der Waals surface area contributed by atoms with Crippen LogP contribution in [0, 0.1) is 19.3 Å². The van der Waals surface area contributed by atoms with Gasteiger partial charge < -0.3 is 15.4 Å². The maximum absolute atomic E-state index is 13.0. The van der Waals surface area contributed by atoms with Crippen molar-refractivity contribution >= 4 is 23.4 Å². The van der Waals surface area contributed by atoms with Gasteiger partial charge in [-0.05, 0) is 30.7 Å². The van der Waals surface area contributed by atoms with E-state index in [2.05, 4.69) is 26.8 Å². The number of nitrogens with one attached hydrogen (secondary N) is 2. The minimum absolute atomic E-state index is 0.215. The molecule has 8 heteroatoms. The molecule has 7 nitrogen and oxygen atoms in total. The first-order chi connectivity index (χ1) is 13.9. The van der Waals surface area contributed by atoms with Crippen molar-refractivity contribution in [2.75, 3.05) is 19.8 Å². The van der Waals surface area contributed by atoms with Crippen molar-refractivity contribution in [3.05, 3.63) is 34.3 Å². The SMILES string of the molecule is C#CCCC1(CCNC(=O)C2(NC(=O)c3ccc(Cl)c(C)c3)CCOCC2)N=N1. The van der Waals surface area contributed by atoms with Gasteiger partial charge in [0.2, 0.25) is 5.91 Å². The van der Waals surface area contributed by atoms with E-state index in [0.29, 0.717) is 62.4 Å². The summed E-state index contributed by atoms with van der Waals surface area (Å²) in [4.78, 5) is 25.9. The first-order valence-electron chi connectivity index (χ1n) is 9.72. The number of halogens is 1. The zero-order chi connectivity index (χ0) is 20.9. The first-order valence-corrected chi connectivity index (χ1v) is 10.1. The molecular weight excluding hydrogens is 392 g/mol. The third-order valence-corrected chi connectivity index (χ3v) is 5.84. The molecule has 0 unspecified atom stereocenters. The Labute approximate surface area is 175 Å². The highest BCUT2D eigenvalue weighted by atomic mass is 35.5. The van der Waals surface area contributed by atoms with E-state index in [0.717, 1.165) is 5.56 Å². The van der Waals surface area contributed by atoms with Crippen LogP contribution in [-0.2, 0) is 9.53 Å². The molecule has 1 aromatic carbocycles. The number of terminal acetylenes is 1. The minimum Gasteiger partial charge on any atom is -0.381 e. The lowest BCUT2D eigenvalue weighted by atomic mass is 9.88. The van der Waals surface area contributed by atoms with E-state index in [4.69, 9.17) is 22.8 Å². The van der Waals surface area contributed by atoms with Gasteiger partial charge in [0.1, 0.15) is 5.54 Å². The van der Waals surface area contributed by atoms with Crippen molar-refractivity contribution in [3.8, 4) is 12.3 Å². The normalized spacial score (nSPS) is 18.5. The van der Waals surface area contributed by atoms with E-state index in [-0.39, 0.29) is 11.8 Å². The first kappa shape index (κ1) is 21.3. The molecule has 2 aliphatic rings. The molecule has 0 saturated carbocycles. The highest BCUT2D eigenvalue weighted by molar-refractivity contribution is 6.31. The molecule has 2 N–H and O–H groups in total. The van der Waals surface area contributed by atoms with Crippen LogP contribution in [0.1, 0.15) is 48.0 Å². The van der Waals surface area contributed by atoms with Gasteiger partial charge >= 0.3 is 0 Å². The lowest BCUT2D eigenvalue weighted by Crippen LogP contribution is -2.61. The summed E-state index contributed by atoms with van der Waals surface area (Å²) in [5, 5.41) is 14.6. The lowest BCUT2D eigenvalue weighted by molar-refractivity contribution is -0.131. The molecule has 0 aromatic heterocycles. The highest BCUT2D eigenvalue weighted by Crippen LogP contribution is 2.36. The van der Waals surface area contributed by atoms with Gasteiger partial charge in [-0.15, -0.1) is 12.3 Å². The van der Waals surface area contributed by atoms with Crippen molar-refractivity contribution in [1.82, 2.24) is 10.6 Å². The van der Waals surface area contributed by atoms with Gasteiger partial charge in [0.25, 0.3) is 5.91 Å². The maximum atomic E-state index is 13.0. The molecule has 0 atom stereocenters. The topological polar surface area (TPSA) is 92.2 Å². The molecule has 3 rings (SSSR count). The van der Waals surface area contributed by atoms with E-state index < -0.39 is 11.2 Å². The molecule has 0 aliphatic carbocycles. The number of nitrogens with zero attached hydrogens (tertiary/aromatic N) is 2. The van der Waals surface area contributed by atoms with Crippen LogP contribution in [0.5, 0.6) is 0 Å². The molecule has 0 spiro atoms. The van der Waals surface area contributed by atoms with E-state index in [9.17, 15) is 9.59 Å². The summed E-state index contributed by atoms with van der Waals surface area (Å²) in [5.74, 6) is 2.07. The molecule has 2 amide bonds. The number of hydrogen-bond donors (Lipinski definition) is 2. The minimum atomic E-state index is -1.01.